The molecular formula is C11H10BrNO2. The van der Waals surface area contributed by atoms with E-state index < -0.39 is 0 Å². The van der Waals surface area contributed by atoms with Gasteiger partial charge in [0.05, 0.1) is 5.56 Å². The zero-order chi connectivity index (χ0) is 10.6. The first-order valence-electron chi connectivity index (χ1n) is 4.83. The van der Waals surface area contributed by atoms with Crippen molar-refractivity contribution in [1.29, 1.82) is 0 Å². The van der Waals surface area contributed by atoms with Gasteiger partial charge in [0.25, 0.3) is 0 Å². The fraction of sp³-hybridized carbons (Fsp3) is 0.364. The molecule has 2 aliphatic rings. The van der Waals surface area contributed by atoms with Gasteiger partial charge in [0.15, 0.2) is 5.60 Å². The van der Waals surface area contributed by atoms with E-state index in [0.29, 0.717) is 5.56 Å². The maximum atomic E-state index is 11.6. The topological polar surface area (TPSA) is 29.5 Å². The second-order valence-electron chi connectivity index (χ2n) is 4.25. The molecule has 3 rings (SSSR count). The highest BCUT2D eigenvalue weighted by Crippen LogP contribution is 2.43. The second-order valence-corrected chi connectivity index (χ2v) is 5.16. The van der Waals surface area contributed by atoms with E-state index in [9.17, 15) is 4.79 Å². The van der Waals surface area contributed by atoms with Gasteiger partial charge in [0.1, 0.15) is 0 Å². The van der Waals surface area contributed by atoms with E-state index in [0.717, 1.165) is 23.1 Å². The minimum atomic E-state index is -0.370. The molecule has 3 nitrogen and oxygen atoms in total. The molecule has 0 bridgehead atoms. The molecule has 0 aliphatic carbocycles. The molecule has 4 heteroatoms. The molecule has 0 N–H and O–H groups in total. The number of halogens is 1. The number of benzene rings is 1. The Bertz CT molecular complexity index is 452. The second kappa shape index (κ2) is 2.83. The highest BCUT2D eigenvalue weighted by atomic mass is 79.9. The molecule has 1 aromatic rings. The van der Waals surface area contributed by atoms with E-state index in [1.165, 1.54) is 0 Å². The van der Waals surface area contributed by atoms with Crippen LogP contribution < -0.4 is 0 Å². The Morgan fingerprint density at radius 1 is 1.47 bits per heavy atom. The first-order chi connectivity index (χ1) is 7.11. The predicted octanol–water partition coefficient (Wildman–Crippen LogP) is 1.76. The molecule has 0 aromatic heterocycles. The van der Waals surface area contributed by atoms with Gasteiger partial charge in [-0.1, -0.05) is 15.9 Å². The van der Waals surface area contributed by atoms with Crippen molar-refractivity contribution in [2.75, 3.05) is 20.1 Å². The van der Waals surface area contributed by atoms with Gasteiger partial charge in [-0.2, -0.15) is 0 Å². The smallest absolute Gasteiger partial charge is 0.339 e. The van der Waals surface area contributed by atoms with Crippen LogP contribution in [0.2, 0.25) is 0 Å². The summed E-state index contributed by atoms with van der Waals surface area (Å²) in [6.45, 7) is 1.59. The molecule has 0 amide bonds. The van der Waals surface area contributed by atoms with Gasteiger partial charge in [-0.25, -0.2) is 4.79 Å². The van der Waals surface area contributed by atoms with E-state index in [2.05, 4.69) is 20.8 Å². The number of nitrogens with zero attached hydrogens (tertiary/aromatic N) is 1. The molecule has 15 heavy (non-hydrogen) atoms. The van der Waals surface area contributed by atoms with Crippen molar-refractivity contribution in [1.82, 2.24) is 4.90 Å². The van der Waals surface area contributed by atoms with Crippen LogP contribution >= 0.6 is 15.9 Å². The maximum Gasteiger partial charge on any atom is 0.339 e. The van der Waals surface area contributed by atoms with E-state index in [1.807, 2.05) is 25.2 Å². The maximum absolute atomic E-state index is 11.6. The van der Waals surface area contributed by atoms with Crippen molar-refractivity contribution in [3.05, 3.63) is 33.8 Å². The van der Waals surface area contributed by atoms with Crippen LogP contribution in [0.15, 0.2) is 22.7 Å². The lowest BCUT2D eigenvalue weighted by Crippen LogP contribution is -2.57. The fourth-order valence-electron chi connectivity index (χ4n) is 2.42. The normalized spacial score (nSPS) is 22.4. The zero-order valence-corrected chi connectivity index (χ0v) is 9.87. The van der Waals surface area contributed by atoms with Crippen LogP contribution in [-0.2, 0) is 10.3 Å². The van der Waals surface area contributed by atoms with Crippen LogP contribution in [0.25, 0.3) is 0 Å². The summed E-state index contributed by atoms with van der Waals surface area (Å²) in [5, 5.41) is 0. The number of fused-ring (bicyclic) bond motifs is 2. The number of carbonyl (C=O) groups is 1. The van der Waals surface area contributed by atoms with Gasteiger partial charge in [-0.3, -0.25) is 4.90 Å². The minimum Gasteiger partial charge on any atom is -0.448 e. The third-order valence-corrected chi connectivity index (χ3v) is 3.52. The van der Waals surface area contributed by atoms with E-state index in [1.54, 1.807) is 0 Å². The summed E-state index contributed by atoms with van der Waals surface area (Å²) >= 11 is 3.42. The molecule has 1 spiro atoms. The lowest BCUT2D eigenvalue weighted by molar-refractivity contribution is -0.0943. The van der Waals surface area contributed by atoms with Crippen molar-refractivity contribution in [2.24, 2.45) is 0 Å². The van der Waals surface area contributed by atoms with Crippen molar-refractivity contribution in [2.45, 2.75) is 5.60 Å². The third-order valence-electron chi connectivity index (χ3n) is 3.03. The van der Waals surface area contributed by atoms with Gasteiger partial charge in [0, 0.05) is 23.1 Å². The van der Waals surface area contributed by atoms with Crippen LogP contribution in [0.5, 0.6) is 0 Å². The average Bonchev–Trinajstić information content (AvgIpc) is 2.39. The Morgan fingerprint density at radius 2 is 2.20 bits per heavy atom. The monoisotopic (exact) mass is 267 g/mol. The number of likely N-dealkylation sites (N-methyl/N-ethyl adjacent to an activating group) is 1. The number of esters is 1. The summed E-state index contributed by atoms with van der Waals surface area (Å²) in [4.78, 5) is 13.8. The molecule has 0 atom stereocenters. The summed E-state index contributed by atoms with van der Waals surface area (Å²) in [6.07, 6.45) is 0. The first kappa shape index (κ1) is 9.36. The summed E-state index contributed by atoms with van der Waals surface area (Å²) in [5.41, 5.74) is 1.37. The Morgan fingerprint density at radius 3 is 2.87 bits per heavy atom. The molecule has 0 radical (unpaired) electrons. The van der Waals surface area contributed by atoms with Gasteiger partial charge in [-0.15, -0.1) is 0 Å². The molecule has 0 unspecified atom stereocenters. The highest BCUT2D eigenvalue weighted by molar-refractivity contribution is 9.10. The van der Waals surface area contributed by atoms with Crippen molar-refractivity contribution >= 4 is 21.9 Å². The summed E-state index contributed by atoms with van der Waals surface area (Å²) < 4.78 is 6.47. The van der Waals surface area contributed by atoms with Crippen LogP contribution in [0.1, 0.15) is 15.9 Å². The standard InChI is InChI=1S/C11H10BrNO2/c1-13-5-11(6-13)9-4-7(12)2-3-8(9)10(14)15-11/h2-4H,5-6H2,1H3. The summed E-state index contributed by atoms with van der Waals surface area (Å²) in [5.74, 6) is -0.189. The number of rotatable bonds is 0. The quantitative estimate of drug-likeness (QED) is 0.671. The van der Waals surface area contributed by atoms with E-state index in [4.69, 9.17) is 4.74 Å². The number of hydrogen-bond acceptors (Lipinski definition) is 3. The van der Waals surface area contributed by atoms with Gasteiger partial charge >= 0.3 is 5.97 Å². The summed E-state index contributed by atoms with van der Waals surface area (Å²) in [7, 11) is 2.02. The van der Waals surface area contributed by atoms with Crippen molar-refractivity contribution in [3.63, 3.8) is 0 Å². The fourth-order valence-corrected chi connectivity index (χ4v) is 2.78. The first-order valence-corrected chi connectivity index (χ1v) is 5.62. The molecule has 2 aliphatic heterocycles. The largest absolute Gasteiger partial charge is 0.448 e. The predicted molar refractivity (Wildman–Crippen MR) is 58.7 cm³/mol. The summed E-state index contributed by atoms with van der Waals surface area (Å²) in [6, 6.07) is 5.70. The Balaban J connectivity index is 2.12. The molecule has 78 valence electrons. The lowest BCUT2D eigenvalue weighted by atomic mass is 9.86. The van der Waals surface area contributed by atoms with Gasteiger partial charge in [0.2, 0.25) is 0 Å². The number of hydrogen-bond donors (Lipinski definition) is 0. The zero-order valence-electron chi connectivity index (χ0n) is 8.29. The Kier molecular flexibility index (Phi) is 1.77. The van der Waals surface area contributed by atoms with Crippen molar-refractivity contribution in [3.8, 4) is 0 Å². The third kappa shape index (κ3) is 1.18. The van der Waals surface area contributed by atoms with E-state index in [-0.39, 0.29) is 11.6 Å². The molecule has 1 aromatic carbocycles. The minimum absolute atomic E-state index is 0.189. The van der Waals surface area contributed by atoms with E-state index >= 15 is 0 Å². The Labute approximate surface area is 96.1 Å². The number of carbonyl (C=O) groups excluding carboxylic acids is 1. The van der Waals surface area contributed by atoms with Crippen LogP contribution in [0, 0.1) is 0 Å². The van der Waals surface area contributed by atoms with Crippen molar-refractivity contribution < 1.29 is 9.53 Å². The lowest BCUT2D eigenvalue weighted by Gasteiger charge is -2.44. The molecule has 2 heterocycles. The molecular weight excluding hydrogens is 258 g/mol. The van der Waals surface area contributed by atoms with Crippen LogP contribution in [-0.4, -0.2) is 31.0 Å². The van der Waals surface area contributed by atoms with Crippen LogP contribution in [0.3, 0.4) is 0 Å². The number of likely N-dealkylation sites (tertiary alicyclic amines) is 1. The van der Waals surface area contributed by atoms with Gasteiger partial charge in [-0.05, 0) is 25.2 Å². The highest BCUT2D eigenvalue weighted by Gasteiger charge is 2.52. The molecule has 1 fully saturated rings. The van der Waals surface area contributed by atoms with Gasteiger partial charge < -0.3 is 4.74 Å². The molecule has 1 saturated heterocycles. The average molecular weight is 268 g/mol. The Hall–Kier alpha value is -0.870. The number of ether oxygens (including phenoxy) is 1. The molecule has 0 saturated carbocycles. The van der Waals surface area contributed by atoms with Crippen LogP contribution in [0.4, 0.5) is 0 Å². The SMILES string of the molecule is CN1CC2(C1)OC(=O)c1ccc(Br)cc12.